The summed E-state index contributed by atoms with van der Waals surface area (Å²) < 4.78 is 23.6. The minimum Gasteiger partial charge on any atom is -0.383 e. The van der Waals surface area contributed by atoms with Crippen LogP contribution < -0.4 is 11.5 Å². The number of anilines is 2. The Balaban J connectivity index is 2.85. The van der Waals surface area contributed by atoms with E-state index in [9.17, 15) is 8.78 Å². The first-order valence-electron chi connectivity index (χ1n) is 2.93. The molecule has 0 amide bonds. The van der Waals surface area contributed by atoms with E-state index in [1.54, 1.807) is 0 Å². The molecule has 0 atom stereocenters. The number of nitrogen functional groups attached to an aromatic ring is 2. The molecule has 12 heavy (non-hydrogen) atoms. The van der Waals surface area contributed by atoms with Gasteiger partial charge in [0.1, 0.15) is 11.6 Å². The summed E-state index contributed by atoms with van der Waals surface area (Å²) in [5, 5.41) is -0.109. The second kappa shape index (κ2) is 3.53. The third-order valence-electron chi connectivity index (χ3n) is 0.940. The third kappa shape index (κ3) is 2.50. The highest BCUT2D eigenvalue weighted by Gasteiger charge is 2.08. The number of hydrogen-bond acceptors (Lipinski definition) is 5. The fraction of sp³-hybridized carbons (Fsp3) is 0.200. The maximum atomic E-state index is 11.8. The topological polar surface area (TPSA) is 77.8 Å². The van der Waals surface area contributed by atoms with Gasteiger partial charge in [0, 0.05) is 6.07 Å². The van der Waals surface area contributed by atoms with Crippen molar-refractivity contribution in [1.29, 1.82) is 0 Å². The third-order valence-corrected chi connectivity index (χ3v) is 1.51. The summed E-state index contributed by atoms with van der Waals surface area (Å²) in [5.74, 6) is -2.39. The van der Waals surface area contributed by atoms with Crippen LogP contribution in [0, 0.1) is 0 Å². The van der Waals surface area contributed by atoms with E-state index in [0.29, 0.717) is 0 Å². The number of rotatable bonds is 2. The molecule has 0 saturated heterocycles. The molecule has 0 spiro atoms. The molecular formula is C5H6F2N4S. The Bertz CT molecular complexity index is 260. The van der Waals surface area contributed by atoms with E-state index < -0.39 is 5.76 Å². The van der Waals surface area contributed by atoms with Gasteiger partial charge in [-0.1, -0.05) is 0 Å². The molecule has 1 rings (SSSR count). The largest absolute Gasteiger partial charge is 0.383 e. The van der Waals surface area contributed by atoms with Crippen molar-refractivity contribution in [3.8, 4) is 0 Å². The SMILES string of the molecule is Nc1cc(N)nc(SC(F)F)n1. The Hall–Kier alpha value is -1.11. The molecule has 4 nitrogen and oxygen atoms in total. The van der Waals surface area contributed by atoms with Crippen LogP contribution >= 0.6 is 11.8 Å². The summed E-state index contributed by atoms with van der Waals surface area (Å²) >= 11 is 0.211. The van der Waals surface area contributed by atoms with Gasteiger partial charge in [-0.15, -0.1) is 0 Å². The molecule has 0 fully saturated rings. The zero-order valence-electron chi connectivity index (χ0n) is 5.87. The second-order valence-corrected chi connectivity index (χ2v) is 2.84. The van der Waals surface area contributed by atoms with Crippen molar-refractivity contribution in [2.45, 2.75) is 10.9 Å². The smallest absolute Gasteiger partial charge is 0.291 e. The average Bonchev–Trinajstić information content (AvgIpc) is 1.81. The fourth-order valence-corrected chi connectivity index (χ4v) is 1.07. The van der Waals surface area contributed by atoms with Gasteiger partial charge in [0.15, 0.2) is 5.16 Å². The zero-order valence-corrected chi connectivity index (χ0v) is 6.68. The van der Waals surface area contributed by atoms with Crippen molar-refractivity contribution < 1.29 is 8.78 Å². The molecule has 1 heterocycles. The molecule has 0 unspecified atom stereocenters. The van der Waals surface area contributed by atoms with E-state index in [1.165, 1.54) is 6.07 Å². The summed E-state index contributed by atoms with van der Waals surface area (Å²) in [5.41, 5.74) is 10.5. The van der Waals surface area contributed by atoms with Crippen LogP contribution in [0.3, 0.4) is 0 Å². The number of thioether (sulfide) groups is 1. The van der Waals surface area contributed by atoms with Crippen LogP contribution in [-0.4, -0.2) is 15.7 Å². The van der Waals surface area contributed by atoms with Crippen molar-refractivity contribution >= 4 is 23.4 Å². The molecule has 0 bridgehead atoms. The molecular weight excluding hydrogens is 186 g/mol. The molecule has 0 saturated carbocycles. The highest BCUT2D eigenvalue weighted by molar-refractivity contribution is 7.99. The molecule has 4 N–H and O–H groups in total. The van der Waals surface area contributed by atoms with Crippen LogP contribution in [0.1, 0.15) is 0 Å². The van der Waals surface area contributed by atoms with Crippen molar-refractivity contribution in [2.75, 3.05) is 11.5 Å². The number of nitrogens with zero attached hydrogens (tertiary/aromatic N) is 2. The zero-order chi connectivity index (χ0) is 9.14. The van der Waals surface area contributed by atoms with Gasteiger partial charge in [0.05, 0.1) is 0 Å². The second-order valence-electron chi connectivity index (χ2n) is 1.88. The molecule has 1 aromatic heterocycles. The van der Waals surface area contributed by atoms with E-state index in [2.05, 4.69) is 9.97 Å². The predicted octanol–water partition coefficient (Wildman–Crippen LogP) is 0.956. The summed E-state index contributed by atoms with van der Waals surface area (Å²) in [6.45, 7) is 0. The van der Waals surface area contributed by atoms with Gasteiger partial charge >= 0.3 is 0 Å². The van der Waals surface area contributed by atoms with Gasteiger partial charge in [-0.2, -0.15) is 8.78 Å². The standard InChI is InChI=1S/C5H6F2N4S/c6-4(7)12-5-10-2(8)1-3(9)11-5/h1,4H,(H4,8,9,10,11). The van der Waals surface area contributed by atoms with Crippen LogP contribution in [0.4, 0.5) is 20.4 Å². The molecule has 7 heteroatoms. The molecule has 0 aliphatic carbocycles. The van der Waals surface area contributed by atoms with Gasteiger partial charge in [-0.05, 0) is 11.8 Å². The summed E-state index contributed by atoms with van der Waals surface area (Å²) in [7, 11) is 0. The number of hydrogen-bond donors (Lipinski definition) is 2. The fourth-order valence-electron chi connectivity index (χ4n) is 0.594. The lowest BCUT2D eigenvalue weighted by molar-refractivity contribution is 0.251. The minimum absolute atomic E-state index is 0.0886. The average molecular weight is 192 g/mol. The van der Waals surface area contributed by atoms with Gasteiger partial charge in [-0.3, -0.25) is 0 Å². The first-order valence-corrected chi connectivity index (χ1v) is 3.81. The Morgan fingerprint density at radius 1 is 1.25 bits per heavy atom. The van der Waals surface area contributed by atoms with Crippen molar-refractivity contribution in [3.05, 3.63) is 6.07 Å². The van der Waals surface area contributed by atoms with Gasteiger partial charge in [0.2, 0.25) is 0 Å². The molecule has 0 aliphatic heterocycles. The van der Waals surface area contributed by atoms with Crippen molar-refractivity contribution in [3.63, 3.8) is 0 Å². The summed E-state index contributed by atoms with van der Waals surface area (Å²) in [6, 6.07) is 1.30. The summed E-state index contributed by atoms with van der Waals surface area (Å²) in [6.07, 6.45) is 0. The highest BCUT2D eigenvalue weighted by Crippen LogP contribution is 2.22. The monoisotopic (exact) mass is 192 g/mol. The first kappa shape index (κ1) is 8.98. The van der Waals surface area contributed by atoms with E-state index in [1.807, 2.05) is 0 Å². The van der Waals surface area contributed by atoms with Crippen LogP contribution in [-0.2, 0) is 0 Å². The lowest BCUT2D eigenvalue weighted by Gasteiger charge is -2.00. The maximum Gasteiger partial charge on any atom is 0.291 e. The lowest BCUT2D eigenvalue weighted by atomic mass is 10.5. The number of halogens is 2. The van der Waals surface area contributed by atoms with Gasteiger partial charge < -0.3 is 11.5 Å². The summed E-state index contributed by atoms with van der Waals surface area (Å²) in [4.78, 5) is 7.09. The van der Waals surface area contributed by atoms with Crippen LogP contribution in [0.25, 0.3) is 0 Å². The number of alkyl halides is 2. The quantitative estimate of drug-likeness (QED) is 0.539. The van der Waals surface area contributed by atoms with Crippen molar-refractivity contribution in [1.82, 2.24) is 9.97 Å². The van der Waals surface area contributed by atoms with Crippen LogP contribution in [0.5, 0.6) is 0 Å². The predicted molar refractivity (Wildman–Crippen MR) is 42.7 cm³/mol. The maximum absolute atomic E-state index is 11.8. The van der Waals surface area contributed by atoms with E-state index >= 15 is 0 Å². The Morgan fingerprint density at radius 2 is 1.75 bits per heavy atom. The molecule has 66 valence electrons. The van der Waals surface area contributed by atoms with Crippen molar-refractivity contribution in [2.24, 2.45) is 0 Å². The molecule has 0 aliphatic rings. The minimum atomic E-state index is -2.56. The Kier molecular flexibility index (Phi) is 2.64. The van der Waals surface area contributed by atoms with Crippen LogP contribution in [0.15, 0.2) is 11.2 Å². The van der Waals surface area contributed by atoms with Gasteiger partial charge in [0.25, 0.3) is 5.76 Å². The number of nitrogens with two attached hydrogens (primary N) is 2. The Morgan fingerprint density at radius 3 is 2.17 bits per heavy atom. The van der Waals surface area contributed by atoms with E-state index in [0.717, 1.165) is 0 Å². The number of aromatic nitrogens is 2. The van der Waals surface area contributed by atoms with E-state index in [4.69, 9.17) is 11.5 Å². The molecule has 0 aromatic carbocycles. The highest BCUT2D eigenvalue weighted by atomic mass is 32.2. The normalized spacial score (nSPS) is 10.6. The Labute approximate surface area is 71.4 Å². The molecule has 0 radical (unpaired) electrons. The van der Waals surface area contributed by atoms with Crippen LogP contribution in [0.2, 0.25) is 0 Å². The van der Waals surface area contributed by atoms with E-state index in [-0.39, 0.29) is 28.6 Å². The first-order chi connectivity index (χ1) is 5.58. The van der Waals surface area contributed by atoms with Gasteiger partial charge in [-0.25, -0.2) is 9.97 Å². The lowest BCUT2D eigenvalue weighted by Crippen LogP contribution is -2.00. The molecule has 1 aromatic rings.